The summed E-state index contributed by atoms with van der Waals surface area (Å²) in [5, 5.41) is 2.89. The van der Waals surface area contributed by atoms with E-state index in [2.05, 4.69) is 10.2 Å². The van der Waals surface area contributed by atoms with Gasteiger partial charge in [0.05, 0.1) is 12.6 Å². The van der Waals surface area contributed by atoms with Gasteiger partial charge in [0.2, 0.25) is 5.91 Å². The summed E-state index contributed by atoms with van der Waals surface area (Å²) < 4.78 is 5.41. The van der Waals surface area contributed by atoms with Crippen molar-refractivity contribution in [3.8, 4) is 5.75 Å². The lowest BCUT2D eigenvalue weighted by Crippen LogP contribution is -2.61. The highest BCUT2D eigenvalue weighted by Gasteiger charge is 2.37. The first kappa shape index (κ1) is 15.7. The first-order valence-electron chi connectivity index (χ1n) is 6.86. The summed E-state index contributed by atoms with van der Waals surface area (Å²) in [6, 6.07) is 5.64. The van der Waals surface area contributed by atoms with Crippen molar-refractivity contribution >= 4 is 23.1 Å². The summed E-state index contributed by atoms with van der Waals surface area (Å²) in [7, 11) is 1.63. The predicted molar refractivity (Wildman–Crippen MR) is 86.4 cm³/mol. The molecular formula is C15H21N3O2S. The van der Waals surface area contributed by atoms with Crippen LogP contribution in [0, 0.1) is 0 Å². The molecule has 6 heteroatoms. The maximum atomic E-state index is 12.0. The number of rotatable bonds is 4. The van der Waals surface area contributed by atoms with Crippen LogP contribution >= 0.6 is 12.2 Å². The van der Waals surface area contributed by atoms with Gasteiger partial charge in [0.25, 0.3) is 0 Å². The standard InChI is InChI=1S/C15H21N3O2S/c1-15(2)14(19)17-6-7-18(15)9-11-8-10(13(16)21)4-5-12(11)20-3/h4-5,8H,6-7,9H2,1-3H3,(H2,16,21)(H,17,19). The average Bonchev–Trinajstić information content (AvgIpc) is 2.44. The van der Waals surface area contributed by atoms with Gasteiger partial charge in [-0.1, -0.05) is 12.2 Å². The molecule has 0 radical (unpaired) electrons. The van der Waals surface area contributed by atoms with Crippen LogP contribution in [0.4, 0.5) is 0 Å². The highest BCUT2D eigenvalue weighted by Crippen LogP contribution is 2.26. The van der Waals surface area contributed by atoms with E-state index in [0.717, 1.165) is 23.4 Å². The zero-order chi connectivity index (χ0) is 15.6. The minimum absolute atomic E-state index is 0.0400. The molecule has 1 aromatic rings. The van der Waals surface area contributed by atoms with Crippen molar-refractivity contribution in [2.24, 2.45) is 5.73 Å². The van der Waals surface area contributed by atoms with Gasteiger partial charge in [-0.25, -0.2) is 0 Å². The molecule has 2 rings (SSSR count). The monoisotopic (exact) mass is 307 g/mol. The topological polar surface area (TPSA) is 67.6 Å². The Balaban J connectivity index is 2.31. The molecule has 0 saturated carbocycles. The smallest absolute Gasteiger partial charge is 0.240 e. The number of methoxy groups -OCH3 is 1. The number of nitrogens with two attached hydrogens (primary N) is 1. The Morgan fingerprint density at radius 2 is 2.24 bits per heavy atom. The summed E-state index contributed by atoms with van der Waals surface area (Å²) >= 11 is 5.03. The van der Waals surface area contributed by atoms with Crippen LogP contribution in [0.2, 0.25) is 0 Å². The number of hydrogen-bond acceptors (Lipinski definition) is 4. The molecular weight excluding hydrogens is 286 g/mol. The number of ether oxygens (including phenoxy) is 1. The van der Waals surface area contributed by atoms with E-state index in [-0.39, 0.29) is 5.91 Å². The zero-order valence-corrected chi connectivity index (χ0v) is 13.4. The van der Waals surface area contributed by atoms with Crippen LogP contribution in [0.25, 0.3) is 0 Å². The van der Waals surface area contributed by atoms with Crippen molar-refractivity contribution in [3.05, 3.63) is 29.3 Å². The number of piperazine rings is 1. The number of amides is 1. The maximum absolute atomic E-state index is 12.0. The Hall–Kier alpha value is -1.66. The second-order valence-corrected chi connectivity index (χ2v) is 6.07. The fourth-order valence-corrected chi connectivity index (χ4v) is 2.61. The number of thiocarbonyl (C=S) groups is 1. The second kappa shape index (κ2) is 5.99. The van der Waals surface area contributed by atoms with Gasteiger partial charge in [-0.2, -0.15) is 0 Å². The molecule has 0 bridgehead atoms. The van der Waals surface area contributed by atoms with E-state index in [1.165, 1.54) is 0 Å². The molecule has 1 aromatic carbocycles. The lowest BCUT2D eigenvalue weighted by molar-refractivity contribution is -0.135. The Morgan fingerprint density at radius 3 is 2.86 bits per heavy atom. The number of nitrogens with one attached hydrogen (secondary N) is 1. The summed E-state index contributed by atoms with van der Waals surface area (Å²) in [4.78, 5) is 14.5. The molecule has 114 valence electrons. The van der Waals surface area contributed by atoms with Crippen molar-refractivity contribution < 1.29 is 9.53 Å². The number of benzene rings is 1. The summed E-state index contributed by atoms with van der Waals surface area (Å²) in [5.74, 6) is 0.815. The van der Waals surface area contributed by atoms with Gasteiger partial charge in [-0.15, -0.1) is 0 Å². The molecule has 5 nitrogen and oxygen atoms in total. The third kappa shape index (κ3) is 3.16. The molecule has 0 aliphatic carbocycles. The molecule has 1 saturated heterocycles. The summed E-state index contributed by atoms with van der Waals surface area (Å²) in [5.41, 5.74) is 6.93. The molecule has 1 aliphatic heterocycles. The molecule has 0 aromatic heterocycles. The first-order chi connectivity index (χ1) is 9.86. The fourth-order valence-electron chi connectivity index (χ4n) is 2.48. The van der Waals surface area contributed by atoms with Crippen molar-refractivity contribution in [2.75, 3.05) is 20.2 Å². The van der Waals surface area contributed by atoms with Gasteiger partial charge in [0.15, 0.2) is 0 Å². The van der Waals surface area contributed by atoms with Gasteiger partial charge in [-0.3, -0.25) is 9.69 Å². The van der Waals surface area contributed by atoms with Crippen LogP contribution in [-0.2, 0) is 11.3 Å². The van der Waals surface area contributed by atoms with Crippen LogP contribution in [0.1, 0.15) is 25.0 Å². The Labute approximate surface area is 130 Å². The quantitative estimate of drug-likeness (QED) is 0.814. The van der Waals surface area contributed by atoms with E-state index >= 15 is 0 Å². The van der Waals surface area contributed by atoms with Crippen LogP contribution in [-0.4, -0.2) is 41.5 Å². The number of hydrogen-bond donors (Lipinski definition) is 2. The minimum atomic E-state index is -0.553. The third-order valence-electron chi connectivity index (χ3n) is 3.94. The zero-order valence-electron chi connectivity index (χ0n) is 12.6. The van der Waals surface area contributed by atoms with Gasteiger partial charge in [0.1, 0.15) is 10.7 Å². The van der Waals surface area contributed by atoms with Gasteiger partial charge in [-0.05, 0) is 32.0 Å². The molecule has 1 aliphatic rings. The summed E-state index contributed by atoms with van der Waals surface area (Å²) in [6.45, 7) is 5.90. The second-order valence-electron chi connectivity index (χ2n) is 5.63. The lowest BCUT2D eigenvalue weighted by Gasteiger charge is -2.41. The molecule has 21 heavy (non-hydrogen) atoms. The number of carbonyl (C=O) groups excluding carboxylic acids is 1. The normalized spacial score (nSPS) is 18.1. The average molecular weight is 307 g/mol. The SMILES string of the molecule is COc1ccc(C(N)=S)cc1CN1CCNC(=O)C1(C)C. The van der Waals surface area contributed by atoms with E-state index in [0.29, 0.717) is 18.1 Å². The van der Waals surface area contributed by atoms with E-state index in [4.69, 9.17) is 22.7 Å². The van der Waals surface area contributed by atoms with Crippen molar-refractivity contribution in [1.29, 1.82) is 0 Å². The molecule has 3 N–H and O–H groups in total. The van der Waals surface area contributed by atoms with E-state index in [1.54, 1.807) is 7.11 Å². The van der Waals surface area contributed by atoms with Gasteiger partial charge < -0.3 is 15.8 Å². The van der Waals surface area contributed by atoms with Crippen molar-refractivity contribution in [1.82, 2.24) is 10.2 Å². The third-order valence-corrected chi connectivity index (χ3v) is 4.18. The summed E-state index contributed by atoms with van der Waals surface area (Å²) in [6.07, 6.45) is 0. The minimum Gasteiger partial charge on any atom is -0.496 e. The molecule has 0 atom stereocenters. The van der Waals surface area contributed by atoms with Crippen LogP contribution < -0.4 is 15.8 Å². The van der Waals surface area contributed by atoms with Gasteiger partial charge in [0, 0.05) is 30.8 Å². The van der Waals surface area contributed by atoms with E-state index in [1.807, 2.05) is 32.0 Å². The van der Waals surface area contributed by atoms with Crippen molar-refractivity contribution in [2.45, 2.75) is 25.9 Å². The van der Waals surface area contributed by atoms with Crippen molar-refractivity contribution in [3.63, 3.8) is 0 Å². The molecule has 1 fully saturated rings. The highest BCUT2D eigenvalue weighted by molar-refractivity contribution is 7.80. The Bertz CT molecular complexity index is 572. The largest absolute Gasteiger partial charge is 0.496 e. The van der Waals surface area contributed by atoms with Gasteiger partial charge >= 0.3 is 0 Å². The Morgan fingerprint density at radius 1 is 1.52 bits per heavy atom. The predicted octanol–water partition coefficient (Wildman–Crippen LogP) is 1.04. The van der Waals surface area contributed by atoms with Crippen LogP contribution in [0.5, 0.6) is 5.75 Å². The number of nitrogens with zero attached hydrogens (tertiary/aromatic N) is 1. The molecule has 0 spiro atoms. The number of carbonyl (C=O) groups is 1. The fraction of sp³-hybridized carbons (Fsp3) is 0.467. The lowest BCUT2D eigenvalue weighted by atomic mass is 9.97. The Kier molecular flexibility index (Phi) is 4.49. The van der Waals surface area contributed by atoms with E-state index in [9.17, 15) is 4.79 Å². The first-order valence-corrected chi connectivity index (χ1v) is 7.27. The molecule has 1 heterocycles. The van der Waals surface area contributed by atoms with E-state index < -0.39 is 5.54 Å². The van der Waals surface area contributed by atoms with Crippen LogP contribution in [0.3, 0.4) is 0 Å². The van der Waals surface area contributed by atoms with Crippen LogP contribution in [0.15, 0.2) is 18.2 Å². The highest BCUT2D eigenvalue weighted by atomic mass is 32.1. The molecule has 1 amide bonds. The molecule has 0 unspecified atom stereocenters. The maximum Gasteiger partial charge on any atom is 0.240 e.